The Kier molecular flexibility index (Phi) is 4.13. The minimum Gasteiger partial charge on any atom is -0.481 e. The number of rotatable bonds is 5. The molecule has 0 radical (unpaired) electrons. The van der Waals surface area contributed by atoms with E-state index in [1.165, 1.54) is 0 Å². The van der Waals surface area contributed by atoms with Crippen molar-refractivity contribution in [1.82, 2.24) is 0 Å². The van der Waals surface area contributed by atoms with Gasteiger partial charge in [-0.05, 0) is 34.1 Å². The van der Waals surface area contributed by atoms with E-state index in [0.717, 1.165) is 12.8 Å². The summed E-state index contributed by atoms with van der Waals surface area (Å²) in [7, 11) is 0. The van der Waals surface area contributed by atoms with Crippen molar-refractivity contribution in [2.75, 3.05) is 0 Å². The summed E-state index contributed by atoms with van der Waals surface area (Å²) in [4.78, 5) is 11.5. The van der Waals surface area contributed by atoms with Crippen molar-refractivity contribution in [3.05, 3.63) is 0 Å². The van der Waals surface area contributed by atoms with Gasteiger partial charge in [0.2, 0.25) is 0 Å². The fraction of sp³-hybridized carbons (Fsp3) is 0.929. The Hall–Kier alpha value is -0.610. The molecule has 1 rings (SSSR count). The third-order valence-corrected chi connectivity index (χ3v) is 3.99. The van der Waals surface area contributed by atoms with Gasteiger partial charge in [0, 0.05) is 6.42 Å². The maximum Gasteiger partial charge on any atom is 0.309 e. The monoisotopic (exact) mass is 258 g/mol. The molecule has 2 N–H and O–H groups in total. The highest BCUT2D eigenvalue weighted by atomic mass is 16.5. The van der Waals surface area contributed by atoms with Crippen LogP contribution in [-0.2, 0) is 9.53 Å². The van der Waals surface area contributed by atoms with Gasteiger partial charge in [0.1, 0.15) is 5.60 Å². The molecule has 0 aliphatic carbocycles. The normalized spacial score (nSPS) is 31.2. The molecule has 0 amide bonds. The van der Waals surface area contributed by atoms with Crippen molar-refractivity contribution in [3.63, 3.8) is 0 Å². The number of carboxylic acids is 1. The lowest BCUT2D eigenvalue weighted by Gasteiger charge is -2.39. The lowest BCUT2D eigenvalue weighted by Crippen LogP contribution is -2.54. The van der Waals surface area contributed by atoms with Crippen LogP contribution in [0.15, 0.2) is 0 Å². The van der Waals surface area contributed by atoms with Gasteiger partial charge in [-0.1, -0.05) is 19.8 Å². The van der Waals surface area contributed by atoms with Crippen molar-refractivity contribution in [3.8, 4) is 0 Å². The number of aliphatic carboxylic acids is 1. The van der Waals surface area contributed by atoms with Gasteiger partial charge < -0.3 is 14.9 Å². The predicted molar refractivity (Wildman–Crippen MR) is 69.5 cm³/mol. The van der Waals surface area contributed by atoms with E-state index in [1.54, 1.807) is 13.8 Å². The average molecular weight is 258 g/mol. The lowest BCUT2D eigenvalue weighted by atomic mass is 9.71. The van der Waals surface area contributed by atoms with E-state index in [-0.39, 0.29) is 0 Å². The highest BCUT2D eigenvalue weighted by molar-refractivity contribution is 5.72. The van der Waals surface area contributed by atoms with E-state index in [9.17, 15) is 15.0 Å². The number of aliphatic hydroxyl groups is 1. The molecule has 2 atom stereocenters. The molecule has 2 unspecified atom stereocenters. The number of carboxylic acid groups (broad SMARTS) is 1. The zero-order valence-corrected chi connectivity index (χ0v) is 12.1. The SMILES string of the molecule is CCCCC(C(=O)O)C1(O)CC(C)(C)OC1(C)C. The molecule has 106 valence electrons. The summed E-state index contributed by atoms with van der Waals surface area (Å²) >= 11 is 0. The van der Waals surface area contributed by atoms with Crippen molar-refractivity contribution in [2.45, 2.75) is 77.1 Å². The molecule has 18 heavy (non-hydrogen) atoms. The summed E-state index contributed by atoms with van der Waals surface area (Å²) in [6.45, 7) is 9.37. The summed E-state index contributed by atoms with van der Waals surface area (Å²) in [6.07, 6.45) is 2.57. The van der Waals surface area contributed by atoms with E-state index in [2.05, 4.69) is 0 Å². The van der Waals surface area contributed by atoms with E-state index in [0.29, 0.717) is 12.8 Å². The molecule has 0 spiro atoms. The van der Waals surface area contributed by atoms with Gasteiger partial charge in [-0.3, -0.25) is 4.79 Å². The molecular weight excluding hydrogens is 232 g/mol. The second-order valence-corrected chi connectivity index (χ2v) is 6.51. The van der Waals surface area contributed by atoms with Crippen LogP contribution >= 0.6 is 0 Å². The van der Waals surface area contributed by atoms with Gasteiger partial charge in [-0.15, -0.1) is 0 Å². The van der Waals surface area contributed by atoms with Gasteiger partial charge in [-0.25, -0.2) is 0 Å². The van der Waals surface area contributed by atoms with Crippen LogP contribution in [0.3, 0.4) is 0 Å². The minimum absolute atomic E-state index is 0.355. The molecule has 1 aliphatic rings. The largest absolute Gasteiger partial charge is 0.481 e. The van der Waals surface area contributed by atoms with Crippen LogP contribution in [0.2, 0.25) is 0 Å². The number of unbranched alkanes of at least 4 members (excludes halogenated alkanes) is 1. The van der Waals surface area contributed by atoms with Gasteiger partial charge in [0.15, 0.2) is 0 Å². The molecular formula is C14H26O4. The van der Waals surface area contributed by atoms with Crippen LogP contribution in [0.1, 0.15) is 60.3 Å². The highest BCUT2D eigenvalue weighted by Crippen LogP contribution is 2.49. The molecule has 4 nitrogen and oxygen atoms in total. The Morgan fingerprint density at radius 3 is 2.22 bits per heavy atom. The first kappa shape index (κ1) is 15.4. The zero-order chi connectivity index (χ0) is 14.2. The van der Waals surface area contributed by atoms with Crippen LogP contribution in [0.25, 0.3) is 0 Å². The molecule has 1 saturated heterocycles. The smallest absolute Gasteiger partial charge is 0.309 e. The van der Waals surface area contributed by atoms with Crippen molar-refractivity contribution >= 4 is 5.97 Å². The molecule has 1 fully saturated rings. The molecule has 1 heterocycles. The Balaban J connectivity index is 3.04. The predicted octanol–water partition coefficient (Wildman–Crippen LogP) is 2.59. The van der Waals surface area contributed by atoms with Crippen LogP contribution in [0.5, 0.6) is 0 Å². The quantitative estimate of drug-likeness (QED) is 0.795. The number of hydrogen-bond donors (Lipinski definition) is 2. The highest BCUT2D eigenvalue weighted by Gasteiger charge is 2.61. The first-order chi connectivity index (χ1) is 8.06. The Morgan fingerprint density at radius 1 is 1.33 bits per heavy atom. The number of carbonyl (C=O) groups is 1. The van der Waals surface area contributed by atoms with Crippen molar-refractivity contribution in [1.29, 1.82) is 0 Å². The second kappa shape index (κ2) is 4.82. The summed E-state index contributed by atoms with van der Waals surface area (Å²) in [5.41, 5.74) is -2.64. The van der Waals surface area contributed by atoms with Crippen molar-refractivity contribution < 1.29 is 19.7 Å². The van der Waals surface area contributed by atoms with E-state index < -0.39 is 28.7 Å². The maximum absolute atomic E-state index is 11.5. The van der Waals surface area contributed by atoms with Gasteiger partial charge >= 0.3 is 5.97 Å². The van der Waals surface area contributed by atoms with Crippen LogP contribution in [0, 0.1) is 5.92 Å². The van der Waals surface area contributed by atoms with Crippen LogP contribution in [0.4, 0.5) is 0 Å². The first-order valence-corrected chi connectivity index (χ1v) is 6.71. The summed E-state index contributed by atoms with van der Waals surface area (Å²) in [6, 6.07) is 0. The third kappa shape index (κ3) is 2.69. The fourth-order valence-corrected chi connectivity index (χ4v) is 3.19. The van der Waals surface area contributed by atoms with E-state index >= 15 is 0 Å². The van der Waals surface area contributed by atoms with Gasteiger partial charge in [0.05, 0.1) is 17.1 Å². The number of ether oxygens (including phenoxy) is 1. The van der Waals surface area contributed by atoms with Crippen LogP contribution in [-0.4, -0.2) is 33.0 Å². The minimum atomic E-state index is -1.31. The molecule has 0 bridgehead atoms. The Labute approximate surface area is 109 Å². The average Bonchev–Trinajstić information content (AvgIpc) is 2.30. The Bertz CT molecular complexity index is 322. The lowest BCUT2D eigenvalue weighted by molar-refractivity contribution is -0.174. The third-order valence-electron chi connectivity index (χ3n) is 3.99. The summed E-state index contributed by atoms with van der Waals surface area (Å²) in [5, 5.41) is 20.3. The van der Waals surface area contributed by atoms with E-state index in [4.69, 9.17) is 4.74 Å². The molecule has 0 aromatic carbocycles. The fourth-order valence-electron chi connectivity index (χ4n) is 3.19. The van der Waals surface area contributed by atoms with Crippen LogP contribution < -0.4 is 0 Å². The standard InChI is InChI=1S/C14H26O4/c1-6-7-8-10(11(15)16)14(17)9-12(2,3)18-13(14,4)5/h10,17H,6-9H2,1-5H3,(H,15,16). The molecule has 1 aliphatic heterocycles. The topological polar surface area (TPSA) is 66.8 Å². The molecule has 4 heteroatoms. The van der Waals surface area contributed by atoms with Gasteiger partial charge in [-0.2, -0.15) is 0 Å². The summed E-state index contributed by atoms with van der Waals surface area (Å²) < 4.78 is 5.85. The van der Waals surface area contributed by atoms with Gasteiger partial charge in [0.25, 0.3) is 0 Å². The molecule has 0 aromatic heterocycles. The first-order valence-electron chi connectivity index (χ1n) is 6.71. The Morgan fingerprint density at radius 2 is 1.89 bits per heavy atom. The number of hydrogen-bond acceptors (Lipinski definition) is 3. The molecule has 0 aromatic rings. The molecule has 0 saturated carbocycles. The summed E-state index contributed by atoms with van der Waals surface area (Å²) in [5.74, 6) is -1.70. The van der Waals surface area contributed by atoms with Crippen molar-refractivity contribution in [2.24, 2.45) is 5.92 Å². The van der Waals surface area contributed by atoms with E-state index in [1.807, 2.05) is 20.8 Å². The zero-order valence-electron chi connectivity index (χ0n) is 12.1. The maximum atomic E-state index is 11.5. The second-order valence-electron chi connectivity index (χ2n) is 6.51.